The van der Waals surface area contributed by atoms with E-state index in [0.717, 1.165) is 37.0 Å². The molecule has 0 saturated carbocycles. The number of hydrogen-bond acceptors (Lipinski definition) is 4. The maximum Gasteiger partial charge on any atom is 0.243 e. The number of sulfonamides is 1. The molecule has 2 rings (SSSR count). The van der Waals surface area contributed by atoms with Gasteiger partial charge >= 0.3 is 0 Å². The number of nitrogens with one attached hydrogen (secondary N) is 1. The van der Waals surface area contributed by atoms with Crippen molar-refractivity contribution in [2.45, 2.75) is 57.8 Å². The van der Waals surface area contributed by atoms with Crippen LogP contribution < -0.4 is 5.32 Å². The Hall–Kier alpha value is -1.44. The Bertz CT molecular complexity index is 741. The van der Waals surface area contributed by atoms with Crippen molar-refractivity contribution in [3.05, 3.63) is 29.3 Å². The van der Waals surface area contributed by atoms with Gasteiger partial charge in [-0.15, -0.1) is 0 Å². The number of amides is 1. The van der Waals surface area contributed by atoms with Crippen molar-refractivity contribution in [1.82, 2.24) is 9.62 Å². The highest BCUT2D eigenvalue weighted by molar-refractivity contribution is 7.89. The van der Waals surface area contributed by atoms with Crippen LogP contribution in [0.5, 0.6) is 0 Å². The van der Waals surface area contributed by atoms with E-state index < -0.39 is 10.0 Å². The predicted octanol–water partition coefficient (Wildman–Crippen LogP) is 3.03. The molecule has 0 atom stereocenters. The largest absolute Gasteiger partial charge is 0.381 e. The average Bonchev–Trinajstić information content (AvgIpc) is 2.69. The maximum absolute atomic E-state index is 12.9. The zero-order chi connectivity index (χ0) is 20.6. The van der Waals surface area contributed by atoms with Gasteiger partial charge in [-0.05, 0) is 62.8 Å². The maximum atomic E-state index is 12.9. The zero-order valence-electron chi connectivity index (χ0n) is 17.4. The summed E-state index contributed by atoms with van der Waals surface area (Å²) in [7, 11) is -3.50. The minimum Gasteiger partial charge on any atom is -0.381 e. The Morgan fingerprint density at radius 3 is 2.46 bits per heavy atom. The number of carbonyl (C=O) groups excluding carboxylic acids is 1. The Morgan fingerprint density at radius 1 is 1.14 bits per heavy atom. The van der Waals surface area contributed by atoms with Gasteiger partial charge in [0.15, 0.2) is 0 Å². The summed E-state index contributed by atoms with van der Waals surface area (Å²) in [6.45, 7) is 8.81. The molecule has 28 heavy (non-hydrogen) atoms. The molecular formula is C21H34N2O4S. The summed E-state index contributed by atoms with van der Waals surface area (Å²) in [5, 5.41) is 2.96. The first-order chi connectivity index (χ1) is 13.4. The molecule has 1 heterocycles. The van der Waals surface area contributed by atoms with E-state index in [1.807, 2.05) is 19.9 Å². The number of carbonyl (C=O) groups is 1. The molecule has 1 amide bonds. The lowest BCUT2D eigenvalue weighted by Gasteiger charge is -2.30. The third kappa shape index (κ3) is 6.29. The van der Waals surface area contributed by atoms with Gasteiger partial charge in [0.05, 0.1) is 4.90 Å². The fourth-order valence-electron chi connectivity index (χ4n) is 3.26. The number of rotatable bonds is 10. The van der Waals surface area contributed by atoms with E-state index in [1.54, 1.807) is 12.1 Å². The lowest BCUT2D eigenvalue weighted by atomic mass is 9.97. The van der Waals surface area contributed by atoms with Crippen LogP contribution in [-0.2, 0) is 19.6 Å². The van der Waals surface area contributed by atoms with Crippen molar-refractivity contribution in [2.24, 2.45) is 5.92 Å². The van der Waals surface area contributed by atoms with Gasteiger partial charge in [-0.2, -0.15) is 4.31 Å². The monoisotopic (exact) mass is 410 g/mol. The summed E-state index contributed by atoms with van der Waals surface area (Å²) in [5.74, 6) is -0.0935. The molecule has 0 bridgehead atoms. The number of ether oxygens (including phenoxy) is 1. The third-order valence-electron chi connectivity index (χ3n) is 5.35. The first-order valence-corrected chi connectivity index (χ1v) is 11.7. The van der Waals surface area contributed by atoms with Gasteiger partial charge < -0.3 is 10.1 Å². The third-order valence-corrected chi connectivity index (χ3v) is 7.24. The van der Waals surface area contributed by atoms with Crippen LogP contribution in [0.3, 0.4) is 0 Å². The Balaban J connectivity index is 1.77. The number of unbranched alkanes of at least 4 members (excludes halogenated alkanes) is 1. The molecule has 6 nitrogen and oxygen atoms in total. The Morgan fingerprint density at radius 2 is 1.82 bits per heavy atom. The molecular weight excluding hydrogens is 376 g/mol. The first-order valence-electron chi connectivity index (χ1n) is 10.3. The number of piperidine rings is 1. The second kappa shape index (κ2) is 10.9. The summed E-state index contributed by atoms with van der Waals surface area (Å²) < 4.78 is 32.7. The number of nitrogens with zero attached hydrogens (tertiary/aromatic N) is 1. The van der Waals surface area contributed by atoms with Gasteiger partial charge in [0.2, 0.25) is 15.9 Å². The lowest BCUT2D eigenvalue weighted by Crippen LogP contribution is -2.43. The van der Waals surface area contributed by atoms with Crippen LogP contribution >= 0.6 is 0 Å². The molecule has 7 heteroatoms. The van der Waals surface area contributed by atoms with Crippen molar-refractivity contribution in [2.75, 3.05) is 32.8 Å². The molecule has 1 aromatic carbocycles. The second-order valence-corrected chi connectivity index (χ2v) is 9.47. The molecule has 1 aliphatic heterocycles. The van der Waals surface area contributed by atoms with Crippen LogP contribution in [0.2, 0.25) is 0 Å². The highest BCUT2D eigenvalue weighted by Gasteiger charge is 2.32. The van der Waals surface area contributed by atoms with E-state index >= 15 is 0 Å². The second-order valence-electron chi connectivity index (χ2n) is 7.53. The molecule has 0 radical (unpaired) electrons. The SMILES string of the molecule is CCCCOCCCNC(=O)C1CCN(S(=O)(=O)c2ccc(C)c(C)c2)CC1. The van der Waals surface area contributed by atoms with E-state index in [1.165, 1.54) is 4.31 Å². The van der Waals surface area contributed by atoms with E-state index in [9.17, 15) is 13.2 Å². The highest BCUT2D eigenvalue weighted by atomic mass is 32.2. The van der Waals surface area contributed by atoms with Gasteiger partial charge in [0, 0.05) is 38.8 Å². The van der Waals surface area contributed by atoms with Crippen molar-refractivity contribution in [3.8, 4) is 0 Å². The highest BCUT2D eigenvalue weighted by Crippen LogP contribution is 2.25. The van der Waals surface area contributed by atoms with Crippen molar-refractivity contribution in [3.63, 3.8) is 0 Å². The molecule has 1 N–H and O–H groups in total. The van der Waals surface area contributed by atoms with Crippen LogP contribution in [0.4, 0.5) is 0 Å². The van der Waals surface area contributed by atoms with Gasteiger partial charge in [-0.3, -0.25) is 4.79 Å². The average molecular weight is 411 g/mol. The Kier molecular flexibility index (Phi) is 8.92. The Labute approximate surface area is 169 Å². The molecule has 0 spiro atoms. The minimum absolute atomic E-state index is 0.0248. The van der Waals surface area contributed by atoms with Crippen molar-refractivity contribution >= 4 is 15.9 Å². The van der Waals surface area contributed by atoms with Gasteiger partial charge in [-0.1, -0.05) is 19.4 Å². The molecule has 158 valence electrons. The van der Waals surface area contributed by atoms with E-state index in [2.05, 4.69) is 12.2 Å². The quantitative estimate of drug-likeness (QED) is 0.602. The molecule has 1 saturated heterocycles. The first kappa shape index (κ1) is 22.8. The molecule has 1 aromatic rings. The summed E-state index contributed by atoms with van der Waals surface area (Å²) >= 11 is 0. The fraction of sp³-hybridized carbons (Fsp3) is 0.667. The van der Waals surface area contributed by atoms with E-state index in [-0.39, 0.29) is 11.8 Å². The molecule has 0 unspecified atom stereocenters. The summed E-state index contributed by atoms with van der Waals surface area (Å²) in [4.78, 5) is 12.7. The molecule has 0 aromatic heterocycles. The van der Waals surface area contributed by atoms with Gasteiger partial charge in [-0.25, -0.2) is 8.42 Å². The van der Waals surface area contributed by atoms with Crippen LogP contribution in [0.1, 0.15) is 50.2 Å². The van der Waals surface area contributed by atoms with Crippen LogP contribution in [-0.4, -0.2) is 51.5 Å². The van der Waals surface area contributed by atoms with Gasteiger partial charge in [0.1, 0.15) is 0 Å². The van der Waals surface area contributed by atoms with Gasteiger partial charge in [0.25, 0.3) is 0 Å². The summed E-state index contributed by atoms with van der Waals surface area (Å²) in [6.07, 6.45) is 4.10. The van der Waals surface area contributed by atoms with Crippen LogP contribution in [0, 0.1) is 19.8 Å². The smallest absolute Gasteiger partial charge is 0.243 e. The topological polar surface area (TPSA) is 75.7 Å². The summed E-state index contributed by atoms with van der Waals surface area (Å²) in [5.41, 5.74) is 2.04. The number of aryl methyl sites for hydroxylation is 2. The molecule has 1 aliphatic rings. The van der Waals surface area contributed by atoms with Crippen LogP contribution in [0.25, 0.3) is 0 Å². The number of benzene rings is 1. The normalized spacial score (nSPS) is 16.2. The minimum atomic E-state index is -3.50. The van der Waals surface area contributed by atoms with Crippen LogP contribution in [0.15, 0.2) is 23.1 Å². The standard InChI is InChI=1S/C21H34N2O4S/c1-4-5-14-27-15-6-11-22-21(24)19-9-12-23(13-10-19)28(25,26)20-8-7-17(2)18(3)16-20/h7-8,16,19H,4-6,9-15H2,1-3H3,(H,22,24). The van der Waals surface area contributed by atoms with E-state index in [0.29, 0.717) is 44.0 Å². The molecule has 1 fully saturated rings. The molecule has 0 aliphatic carbocycles. The zero-order valence-corrected chi connectivity index (χ0v) is 18.2. The van der Waals surface area contributed by atoms with Crippen molar-refractivity contribution < 1.29 is 17.9 Å². The number of hydrogen-bond donors (Lipinski definition) is 1. The predicted molar refractivity (Wildman–Crippen MR) is 111 cm³/mol. The summed E-state index contributed by atoms with van der Waals surface area (Å²) in [6, 6.07) is 5.24. The van der Waals surface area contributed by atoms with E-state index in [4.69, 9.17) is 4.74 Å². The fourth-order valence-corrected chi connectivity index (χ4v) is 4.82. The van der Waals surface area contributed by atoms with Crippen molar-refractivity contribution in [1.29, 1.82) is 0 Å². The lowest BCUT2D eigenvalue weighted by molar-refractivity contribution is -0.126.